The number of ether oxygens (including phenoxy) is 1. The zero-order valence-corrected chi connectivity index (χ0v) is 8.07. The predicted octanol–water partition coefficient (Wildman–Crippen LogP) is 2.54. The molecule has 1 aliphatic heterocycles. The van der Waals surface area contributed by atoms with E-state index in [1.807, 2.05) is 12.1 Å². The molecule has 0 bridgehead atoms. The minimum atomic E-state index is 0.166. The van der Waals surface area contributed by atoms with E-state index in [-0.39, 0.29) is 11.5 Å². The summed E-state index contributed by atoms with van der Waals surface area (Å²) in [4.78, 5) is 3.97. The molecule has 2 atom stereocenters. The number of halogens is 1. The first kappa shape index (κ1) is 8.97. The van der Waals surface area contributed by atoms with Gasteiger partial charge in [-0.15, -0.1) is 11.6 Å². The van der Waals surface area contributed by atoms with Crippen molar-refractivity contribution in [2.75, 3.05) is 6.61 Å². The fraction of sp³-hybridized carbons (Fsp3) is 0.500. The first-order chi connectivity index (χ1) is 6.36. The van der Waals surface area contributed by atoms with Crippen LogP contribution >= 0.6 is 11.6 Å². The second-order valence-corrected chi connectivity index (χ2v) is 3.88. The molecule has 0 aliphatic carbocycles. The van der Waals surface area contributed by atoms with E-state index in [9.17, 15) is 0 Å². The van der Waals surface area contributed by atoms with Crippen molar-refractivity contribution in [2.45, 2.75) is 24.3 Å². The van der Waals surface area contributed by atoms with Gasteiger partial charge in [0.25, 0.3) is 0 Å². The molecule has 0 amide bonds. The molecular weight excluding hydrogens is 186 g/mol. The van der Waals surface area contributed by atoms with Gasteiger partial charge < -0.3 is 4.74 Å². The predicted molar refractivity (Wildman–Crippen MR) is 51.8 cm³/mol. The minimum absolute atomic E-state index is 0.166. The van der Waals surface area contributed by atoms with Crippen LogP contribution in [0.4, 0.5) is 0 Å². The van der Waals surface area contributed by atoms with E-state index in [0.717, 1.165) is 19.4 Å². The molecule has 13 heavy (non-hydrogen) atoms. The monoisotopic (exact) mass is 197 g/mol. The van der Waals surface area contributed by atoms with Gasteiger partial charge in [0.15, 0.2) is 0 Å². The average molecular weight is 198 g/mol. The van der Waals surface area contributed by atoms with Gasteiger partial charge in [-0.25, -0.2) is 0 Å². The Hall–Kier alpha value is -0.600. The highest BCUT2D eigenvalue weighted by Crippen LogP contribution is 2.29. The normalized spacial score (nSPS) is 28.7. The lowest BCUT2D eigenvalue weighted by atomic mass is 10.0. The topological polar surface area (TPSA) is 22.1 Å². The van der Waals surface area contributed by atoms with Crippen LogP contribution in [-0.4, -0.2) is 17.0 Å². The summed E-state index contributed by atoms with van der Waals surface area (Å²) in [7, 11) is 0. The van der Waals surface area contributed by atoms with Gasteiger partial charge in [0, 0.05) is 24.4 Å². The number of hydrogen-bond acceptors (Lipinski definition) is 2. The lowest BCUT2D eigenvalue weighted by Gasteiger charge is -2.26. The van der Waals surface area contributed by atoms with E-state index in [0.29, 0.717) is 0 Å². The summed E-state index contributed by atoms with van der Waals surface area (Å²) in [5.41, 5.74) is 1.18. The smallest absolute Gasteiger partial charge is 0.0840 e. The molecule has 0 radical (unpaired) electrons. The van der Waals surface area contributed by atoms with Crippen LogP contribution in [0.3, 0.4) is 0 Å². The molecule has 2 unspecified atom stereocenters. The van der Waals surface area contributed by atoms with Gasteiger partial charge in [0.2, 0.25) is 0 Å². The Balaban J connectivity index is 2.08. The number of nitrogens with zero attached hydrogens (tertiary/aromatic N) is 1. The third-order valence-corrected chi connectivity index (χ3v) is 2.69. The Kier molecular flexibility index (Phi) is 2.81. The van der Waals surface area contributed by atoms with Crippen LogP contribution in [0.25, 0.3) is 0 Å². The van der Waals surface area contributed by atoms with Crippen molar-refractivity contribution in [2.24, 2.45) is 0 Å². The van der Waals surface area contributed by atoms with Crippen LogP contribution in [0.5, 0.6) is 0 Å². The van der Waals surface area contributed by atoms with Crippen molar-refractivity contribution in [3.05, 3.63) is 30.1 Å². The van der Waals surface area contributed by atoms with Crippen molar-refractivity contribution >= 4 is 11.6 Å². The minimum Gasteiger partial charge on any atom is -0.373 e. The van der Waals surface area contributed by atoms with Crippen molar-refractivity contribution in [1.29, 1.82) is 0 Å². The quantitative estimate of drug-likeness (QED) is 0.646. The van der Waals surface area contributed by atoms with Crippen LogP contribution in [0.2, 0.25) is 0 Å². The van der Waals surface area contributed by atoms with Crippen LogP contribution in [0.1, 0.15) is 24.5 Å². The summed E-state index contributed by atoms with van der Waals surface area (Å²) in [5, 5.41) is 0.256. The molecule has 0 N–H and O–H groups in total. The van der Waals surface area contributed by atoms with Gasteiger partial charge in [-0.05, 0) is 30.5 Å². The first-order valence-electron chi connectivity index (χ1n) is 4.52. The van der Waals surface area contributed by atoms with Crippen LogP contribution in [0.15, 0.2) is 24.5 Å². The molecule has 2 heterocycles. The van der Waals surface area contributed by atoms with E-state index in [1.54, 1.807) is 12.4 Å². The molecule has 3 heteroatoms. The second-order valence-electron chi connectivity index (χ2n) is 3.26. The standard InChI is InChI=1S/C10H12ClNO/c11-9-3-6-13-10(7-9)8-1-4-12-5-2-8/h1-2,4-5,9-10H,3,6-7H2. The zero-order valence-electron chi connectivity index (χ0n) is 7.32. The largest absolute Gasteiger partial charge is 0.373 e. The maximum absolute atomic E-state index is 6.07. The lowest BCUT2D eigenvalue weighted by Crippen LogP contribution is -2.19. The summed E-state index contributed by atoms with van der Waals surface area (Å²) in [5.74, 6) is 0. The Morgan fingerprint density at radius 2 is 2.15 bits per heavy atom. The second kappa shape index (κ2) is 4.07. The van der Waals surface area contributed by atoms with E-state index < -0.39 is 0 Å². The number of alkyl halides is 1. The molecule has 70 valence electrons. The highest BCUT2D eigenvalue weighted by Gasteiger charge is 2.21. The van der Waals surface area contributed by atoms with Gasteiger partial charge in [-0.1, -0.05) is 0 Å². The molecule has 2 nitrogen and oxygen atoms in total. The summed E-state index contributed by atoms with van der Waals surface area (Å²) in [6.45, 7) is 0.765. The first-order valence-corrected chi connectivity index (χ1v) is 4.95. The Morgan fingerprint density at radius 1 is 1.38 bits per heavy atom. The summed E-state index contributed by atoms with van der Waals surface area (Å²) >= 11 is 6.07. The van der Waals surface area contributed by atoms with Crippen LogP contribution in [0, 0.1) is 0 Å². The molecule has 2 rings (SSSR count). The van der Waals surface area contributed by atoms with Crippen LogP contribution < -0.4 is 0 Å². The highest BCUT2D eigenvalue weighted by atomic mass is 35.5. The molecule has 0 spiro atoms. The van der Waals surface area contributed by atoms with E-state index >= 15 is 0 Å². The van der Waals surface area contributed by atoms with Crippen molar-refractivity contribution < 1.29 is 4.74 Å². The van der Waals surface area contributed by atoms with Crippen molar-refractivity contribution in [1.82, 2.24) is 4.98 Å². The fourth-order valence-corrected chi connectivity index (χ4v) is 1.82. The number of aromatic nitrogens is 1. The SMILES string of the molecule is ClC1CCOC(c2ccncc2)C1. The van der Waals surface area contributed by atoms with Crippen LogP contribution in [-0.2, 0) is 4.74 Å². The summed E-state index contributed by atoms with van der Waals surface area (Å²) < 4.78 is 5.62. The van der Waals surface area contributed by atoms with Crippen molar-refractivity contribution in [3.8, 4) is 0 Å². The number of rotatable bonds is 1. The van der Waals surface area contributed by atoms with Gasteiger partial charge in [0.05, 0.1) is 6.10 Å². The fourth-order valence-electron chi connectivity index (χ4n) is 1.57. The third-order valence-electron chi connectivity index (χ3n) is 2.30. The lowest BCUT2D eigenvalue weighted by molar-refractivity contribution is 0.0168. The number of hydrogen-bond donors (Lipinski definition) is 0. The summed E-state index contributed by atoms with van der Waals surface area (Å²) in [6.07, 6.45) is 5.61. The molecule has 0 aromatic carbocycles. The third kappa shape index (κ3) is 2.20. The average Bonchev–Trinajstić information content (AvgIpc) is 2.19. The van der Waals surface area contributed by atoms with Gasteiger partial charge in [-0.2, -0.15) is 0 Å². The van der Waals surface area contributed by atoms with E-state index in [2.05, 4.69) is 4.98 Å². The maximum atomic E-state index is 6.07. The molecule has 1 aromatic heterocycles. The Labute approximate surface area is 82.9 Å². The van der Waals surface area contributed by atoms with E-state index in [4.69, 9.17) is 16.3 Å². The molecule has 1 aliphatic rings. The molecule has 1 saturated heterocycles. The number of pyridine rings is 1. The molecule has 0 saturated carbocycles. The van der Waals surface area contributed by atoms with Crippen molar-refractivity contribution in [3.63, 3.8) is 0 Å². The zero-order chi connectivity index (χ0) is 9.10. The summed E-state index contributed by atoms with van der Waals surface area (Å²) in [6, 6.07) is 3.97. The van der Waals surface area contributed by atoms with Gasteiger partial charge >= 0.3 is 0 Å². The highest BCUT2D eigenvalue weighted by molar-refractivity contribution is 6.20. The molecule has 1 aromatic rings. The molecule has 1 fully saturated rings. The Morgan fingerprint density at radius 3 is 2.85 bits per heavy atom. The van der Waals surface area contributed by atoms with Gasteiger partial charge in [0.1, 0.15) is 0 Å². The van der Waals surface area contributed by atoms with E-state index in [1.165, 1.54) is 5.56 Å². The Bertz CT molecular complexity index is 265. The maximum Gasteiger partial charge on any atom is 0.0840 e. The molecular formula is C10H12ClNO. The van der Waals surface area contributed by atoms with Gasteiger partial charge in [-0.3, -0.25) is 4.98 Å².